The summed E-state index contributed by atoms with van der Waals surface area (Å²) in [5.74, 6) is 0. The van der Waals surface area contributed by atoms with Crippen LogP contribution in [0.5, 0.6) is 0 Å². The van der Waals surface area contributed by atoms with Gasteiger partial charge in [0.25, 0.3) is 0 Å². The van der Waals surface area contributed by atoms with E-state index in [9.17, 15) is 0 Å². The summed E-state index contributed by atoms with van der Waals surface area (Å²) in [6.07, 6.45) is 2.12. The van der Waals surface area contributed by atoms with E-state index in [0.29, 0.717) is 0 Å². The number of hydrogen-bond donors (Lipinski definition) is 0. The lowest BCUT2D eigenvalue weighted by atomic mass is 9.32. The Morgan fingerprint density at radius 2 is 1.47 bits per heavy atom. The predicted molar refractivity (Wildman–Crippen MR) is 130 cm³/mol. The van der Waals surface area contributed by atoms with Crippen LogP contribution in [0, 0.1) is 20.8 Å². The molecule has 1 aromatic heterocycles. The molecule has 1 aliphatic heterocycles. The Bertz CT molecular complexity index is 1450. The Labute approximate surface area is 177 Å². The van der Waals surface area contributed by atoms with Gasteiger partial charge in [-0.15, -0.1) is 0 Å². The van der Waals surface area contributed by atoms with Crippen molar-refractivity contribution in [2.24, 2.45) is 0 Å². The molecule has 142 valence electrons. The molecule has 1 nitrogen and oxygen atoms in total. The molecule has 0 atom stereocenters. The lowest BCUT2D eigenvalue weighted by Crippen LogP contribution is -2.56. The first-order chi connectivity index (χ1) is 14.6. The highest BCUT2D eigenvalue weighted by Gasteiger charge is 2.34. The third-order valence-corrected chi connectivity index (χ3v) is 6.66. The van der Waals surface area contributed by atoms with Gasteiger partial charge in [-0.1, -0.05) is 94.3 Å². The van der Waals surface area contributed by atoms with Gasteiger partial charge in [0.2, 0.25) is 6.71 Å². The van der Waals surface area contributed by atoms with Crippen molar-refractivity contribution in [1.82, 2.24) is 4.98 Å². The molecule has 0 saturated carbocycles. The minimum Gasteiger partial charge on any atom is -0.257 e. The van der Waals surface area contributed by atoms with Crippen molar-refractivity contribution in [2.75, 3.05) is 0 Å². The van der Waals surface area contributed by atoms with Crippen LogP contribution in [-0.4, -0.2) is 11.7 Å². The number of nitrogens with zero attached hydrogens (tertiary/aromatic N) is 1. The minimum atomic E-state index is 0.191. The molecule has 6 rings (SSSR count). The first-order valence-corrected chi connectivity index (χ1v) is 10.6. The molecule has 0 fully saturated rings. The van der Waals surface area contributed by atoms with E-state index in [0.717, 1.165) is 5.52 Å². The molecule has 4 aromatic carbocycles. The van der Waals surface area contributed by atoms with Crippen LogP contribution >= 0.6 is 0 Å². The van der Waals surface area contributed by atoms with Crippen LogP contribution in [0.1, 0.15) is 16.7 Å². The lowest BCUT2D eigenvalue weighted by Gasteiger charge is -2.30. The zero-order chi connectivity index (χ0) is 20.4. The molecular formula is C28H22BN. The number of fused-ring (bicyclic) bond motifs is 4. The fraction of sp³-hybridized carbons (Fsp3) is 0.107. The number of rotatable bonds is 1. The lowest BCUT2D eigenvalue weighted by molar-refractivity contribution is 1.35. The molecule has 5 aromatic rings. The number of hydrogen-bond acceptors (Lipinski definition) is 1. The van der Waals surface area contributed by atoms with Crippen LogP contribution in [0.3, 0.4) is 0 Å². The monoisotopic (exact) mass is 383 g/mol. The first-order valence-electron chi connectivity index (χ1n) is 10.6. The average Bonchev–Trinajstić information content (AvgIpc) is 2.75. The molecule has 0 N–H and O–H groups in total. The number of aryl methyl sites for hydroxylation is 3. The molecule has 0 aliphatic carbocycles. The normalized spacial score (nSPS) is 12.4. The third-order valence-electron chi connectivity index (χ3n) is 6.66. The highest BCUT2D eigenvalue weighted by molar-refractivity contribution is 6.99. The maximum Gasteiger partial charge on any atom is 0.245 e. The van der Waals surface area contributed by atoms with E-state index in [2.05, 4.69) is 99.8 Å². The standard InChI is InChI=1S/C28H22BN/c1-17-14-18(2)28(19(3)15-17)29-23-12-7-9-20-8-6-11-22(26(20)23)27-21-10-4-5-13-25(21)30-16-24(27)29/h4-16H,1-3H3. The quantitative estimate of drug-likeness (QED) is 0.372. The van der Waals surface area contributed by atoms with Gasteiger partial charge < -0.3 is 0 Å². The van der Waals surface area contributed by atoms with Crippen LogP contribution in [0.25, 0.3) is 32.8 Å². The zero-order valence-electron chi connectivity index (χ0n) is 17.5. The van der Waals surface area contributed by atoms with Gasteiger partial charge in [0, 0.05) is 11.6 Å². The Hall–Kier alpha value is -3.39. The van der Waals surface area contributed by atoms with Gasteiger partial charge in [-0.3, -0.25) is 4.98 Å². The molecular weight excluding hydrogens is 361 g/mol. The maximum atomic E-state index is 4.88. The fourth-order valence-electron chi connectivity index (χ4n) is 5.62. The Morgan fingerprint density at radius 3 is 2.27 bits per heavy atom. The second-order valence-corrected chi connectivity index (χ2v) is 8.60. The molecule has 0 amide bonds. The molecule has 30 heavy (non-hydrogen) atoms. The second kappa shape index (κ2) is 6.30. The van der Waals surface area contributed by atoms with Gasteiger partial charge in [0.15, 0.2) is 0 Å². The SMILES string of the molecule is Cc1cc(C)c(B2c3cnc4ccccc4c3-c3cccc4cccc2c34)c(C)c1. The van der Waals surface area contributed by atoms with E-state index >= 15 is 0 Å². The molecule has 0 unspecified atom stereocenters. The topological polar surface area (TPSA) is 12.9 Å². The molecule has 0 saturated heterocycles. The van der Waals surface area contributed by atoms with Crippen LogP contribution in [0.15, 0.2) is 79.0 Å². The number of para-hydroxylation sites is 1. The van der Waals surface area contributed by atoms with E-state index in [1.165, 1.54) is 60.4 Å². The van der Waals surface area contributed by atoms with Gasteiger partial charge in [0.05, 0.1) is 5.52 Å². The van der Waals surface area contributed by atoms with Crippen molar-refractivity contribution in [2.45, 2.75) is 20.8 Å². The molecule has 2 heterocycles. The van der Waals surface area contributed by atoms with Crippen molar-refractivity contribution < 1.29 is 0 Å². The van der Waals surface area contributed by atoms with Crippen molar-refractivity contribution in [3.63, 3.8) is 0 Å². The first kappa shape index (κ1) is 17.5. The number of benzene rings is 4. The van der Waals surface area contributed by atoms with Crippen LogP contribution in [0.4, 0.5) is 0 Å². The number of pyridine rings is 1. The van der Waals surface area contributed by atoms with Gasteiger partial charge in [-0.05, 0) is 54.2 Å². The zero-order valence-corrected chi connectivity index (χ0v) is 17.5. The molecule has 0 spiro atoms. The van der Waals surface area contributed by atoms with Gasteiger partial charge in [-0.2, -0.15) is 0 Å². The largest absolute Gasteiger partial charge is 0.257 e. The van der Waals surface area contributed by atoms with E-state index < -0.39 is 0 Å². The van der Waals surface area contributed by atoms with E-state index in [-0.39, 0.29) is 6.71 Å². The summed E-state index contributed by atoms with van der Waals surface area (Å²) >= 11 is 0. The van der Waals surface area contributed by atoms with E-state index in [4.69, 9.17) is 4.98 Å². The maximum absolute atomic E-state index is 4.88. The summed E-state index contributed by atoms with van der Waals surface area (Å²) < 4.78 is 0. The molecule has 0 radical (unpaired) electrons. The predicted octanol–water partition coefficient (Wildman–Crippen LogP) is 4.81. The highest BCUT2D eigenvalue weighted by Crippen LogP contribution is 2.34. The van der Waals surface area contributed by atoms with Crippen molar-refractivity contribution in [3.05, 3.63) is 95.7 Å². The Balaban J connectivity index is 1.83. The summed E-state index contributed by atoms with van der Waals surface area (Å²) in [5.41, 5.74) is 11.9. The summed E-state index contributed by atoms with van der Waals surface area (Å²) in [6, 6.07) is 26.6. The van der Waals surface area contributed by atoms with Gasteiger partial charge >= 0.3 is 0 Å². The molecule has 1 aliphatic rings. The van der Waals surface area contributed by atoms with Crippen LogP contribution < -0.4 is 16.4 Å². The smallest absolute Gasteiger partial charge is 0.245 e. The summed E-state index contributed by atoms with van der Waals surface area (Å²) in [4.78, 5) is 4.88. The molecule has 2 heteroatoms. The van der Waals surface area contributed by atoms with E-state index in [1.54, 1.807) is 0 Å². The molecule has 0 bridgehead atoms. The van der Waals surface area contributed by atoms with Gasteiger partial charge in [0.1, 0.15) is 0 Å². The summed E-state index contributed by atoms with van der Waals surface area (Å²) in [5, 5.41) is 3.93. The fourth-order valence-corrected chi connectivity index (χ4v) is 5.62. The van der Waals surface area contributed by atoms with Crippen molar-refractivity contribution >= 4 is 44.8 Å². The highest BCUT2D eigenvalue weighted by atomic mass is 14.7. The van der Waals surface area contributed by atoms with Crippen LogP contribution in [-0.2, 0) is 0 Å². The number of aromatic nitrogens is 1. The second-order valence-electron chi connectivity index (χ2n) is 8.60. The Kier molecular flexibility index (Phi) is 3.67. The van der Waals surface area contributed by atoms with Crippen molar-refractivity contribution in [1.29, 1.82) is 0 Å². The van der Waals surface area contributed by atoms with Gasteiger partial charge in [-0.25, -0.2) is 0 Å². The van der Waals surface area contributed by atoms with Crippen LogP contribution in [0.2, 0.25) is 0 Å². The third kappa shape index (κ3) is 2.34. The Morgan fingerprint density at radius 1 is 0.733 bits per heavy atom. The van der Waals surface area contributed by atoms with E-state index in [1.807, 2.05) is 0 Å². The summed E-state index contributed by atoms with van der Waals surface area (Å²) in [7, 11) is 0. The summed E-state index contributed by atoms with van der Waals surface area (Å²) in [6.45, 7) is 6.88. The van der Waals surface area contributed by atoms with Crippen molar-refractivity contribution in [3.8, 4) is 11.1 Å². The average molecular weight is 383 g/mol. The minimum absolute atomic E-state index is 0.191.